The van der Waals surface area contributed by atoms with Gasteiger partial charge in [-0.15, -0.1) is 0 Å². The van der Waals surface area contributed by atoms with Crippen LogP contribution in [0.3, 0.4) is 0 Å². The molecule has 0 bridgehead atoms. The molecule has 0 fully saturated rings. The average molecular weight is 597 g/mol. The van der Waals surface area contributed by atoms with Crippen LogP contribution in [0.4, 0.5) is 0 Å². The molecule has 0 aliphatic heterocycles. The maximum Gasteiger partial charge on any atom is 0.330 e. The van der Waals surface area contributed by atoms with Crippen molar-refractivity contribution in [1.29, 1.82) is 0 Å². The molecule has 9 heteroatoms. The molecule has 0 saturated heterocycles. The molecule has 0 amide bonds. The lowest BCUT2D eigenvalue weighted by atomic mass is 9.97. The standard InChI is InChI=1S/C35H36N2O7/c1-4-34(38)43-19-7-6-18-42-31-15-13-27(14-16-31)35(44-39)30-12-11-28-20-25(8-10-29(28)22-30)23-36-37-24-26-9-17-32(40-3)33(21-26)41-5-2/h4,8-17,20-24,35,39H,1,5-7,18-19H2,2-3H3. The number of methoxy groups -OCH3 is 1. The number of ether oxygens (including phenoxy) is 4. The molecule has 0 saturated carbocycles. The predicted octanol–water partition coefficient (Wildman–Crippen LogP) is 7.17. The monoisotopic (exact) mass is 596 g/mol. The number of fused-ring (bicyclic) bond motifs is 1. The van der Waals surface area contributed by atoms with Gasteiger partial charge in [0.25, 0.3) is 0 Å². The van der Waals surface area contributed by atoms with E-state index in [0.717, 1.165) is 45.5 Å². The van der Waals surface area contributed by atoms with E-state index >= 15 is 0 Å². The molecule has 0 spiro atoms. The van der Waals surface area contributed by atoms with Gasteiger partial charge in [0.05, 0.1) is 39.4 Å². The van der Waals surface area contributed by atoms with Crippen molar-refractivity contribution in [3.8, 4) is 17.2 Å². The van der Waals surface area contributed by atoms with Crippen LogP contribution in [0.2, 0.25) is 0 Å². The summed E-state index contributed by atoms with van der Waals surface area (Å²) in [7, 11) is 1.61. The molecule has 4 rings (SSSR count). The summed E-state index contributed by atoms with van der Waals surface area (Å²) in [5.74, 6) is 1.60. The first-order valence-corrected chi connectivity index (χ1v) is 14.3. The Kier molecular flexibility index (Phi) is 12.0. The SMILES string of the molecule is C=CC(=O)OCCCCOc1ccc(C(OO)c2ccc3cc(C=NN=Cc4ccc(OC)c(OCC)c4)ccc3c2)cc1. The van der Waals surface area contributed by atoms with Crippen LogP contribution < -0.4 is 14.2 Å². The molecule has 228 valence electrons. The summed E-state index contributed by atoms with van der Waals surface area (Å²) < 4.78 is 21.7. The highest BCUT2D eigenvalue weighted by Crippen LogP contribution is 2.30. The number of carbonyl (C=O) groups is 1. The first-order chi connectivity index (χ1) is 21.5. The van der Waals surface area contributed by atoms with Crippen LogP contribution in [0, 0.1) is 0 Å². The molecule has 0 aromatic heterocycles. The maximum absolute atomic E-state index is 11.1. The summed E-state index contributed by atoms with van der Waals surface area (Å²) in [6.45, 7) is 6.65. The van der Waals surface area contributed by atoms with Gasteiger partial charge in [-0.3, -0.25) is 5.26 Å². The van der Waals surface area contributed by atoms with Gasteiger partial charge in [-0.1, -0.05) is 43.0 Å². The Morgan fingerprint density at radius 3 is 2.18 bits per heavy atom. The molecule has 1 atom stereocenters. The molecule has 1 N–H and O–H groups in total. The van der Waals surface area contributed by atoms with Crippen molar-refractivity contribution in [3.63, 3.8) is 0 Å². The Bertz CT molecular complexity index is 1600. The highest BCUT2D eigenvalue weighted by Gasteiger charge is 2.16. The highest BCUT2D eigenvalue weighted by atomic mass is 17.1. The smallest absolute Gasteiger partial charge is 0.330 e. The number of hydrogen-bond acceptors (Lipinski definition) is 9. The highest BCUT2D eigenvalue weighted by molar-refractivity contribution is 5.91. The fourth-order valence-corrected chi connectivity index (χ4v) is 4.45. The Balaban J connectivity index is 1.35. The topological polar surface area (TPSA) is 108 Å². The minimum atomic E-state index is -0.662. The molecule has 0 heterocycles. The van der Waals surface area contributed by atoms with Crippen LogP contribution >= 0.6 is 0 Å². The summed E-state index contributed by atoms with van der Waals surface area (Å²) in [5, 5.41) is 20.1. The first kappa shape index (κ1) is 31.9. The molecular weight excluding hydrogens is 560 g/mol. The van der Waals surface area contributed by atoms with Crippen LogP contribution in [0.15, 0.2) is 102 Å². The van der Waals surface area contributed by atoms with Gasteiger partial charge < -0.3 is 18.9 Å². The van der Waals surface area contributed by atoms with E-state index < -0.39 is 12.1 Å². The van der Waals surface area contributed by atoms with E-state index in [1.54, 1.807) is 19.5 Å². The lowest BCUT2D eigenvalue weighted by molar-refractivity contribution is -0.270. The average Bonchev–Trinajstić information content (AvgIpc) is 3.05. The van der Waals surface area contributed by atoms with Gasteiger partial charge in [0.2, 0.25) is 0 Å². The molecule has 0 radical (unpaired) electrons. The van der Waals surface area contributed by atoms with Crippen molar-refractivity contribution in [2.24, 2.45) is 10.2 Å². The Labute approximate surface area is 256 Å². The number of carbonyl (C=O) groups excluding carboxylic acids is 1. The van der Waals surface area contributed by atoms with Crippen molar-refractivity contribution < 1.29 is 33.9 Å². The van der Waals surface area contributed by atoms with Gasteiger partial charge in [0.15, 0.2) is 11.5 Å². The van der Waals surface area contributed by atoms with Crippen molar-refractivity contribution in [3.05, 3.63) is 114 Å². The van der Waals surface area contributed by atoms with Crippen molar-refractivity contribution in [2.75, 3.05) is 26.9 Å². The minimum absolute atomic E-state index is 0.333. The zero-order chi connectivity index (χ0) is 31.1. The van der Waals surface area contributed by atoms with Crippen molar-refractivity contribution >= 4 is 29.2 Å². The molecule has 44 heavy (non-hydrogen) atoms. The number of benzene rings is 4. The normalized spacial score (nSPS) is 12.0. The third-order valence-corrected chi connectivity index (χ3v) is 6.67. The summed E-state index contributed by atoms with van der Waals surface area (Å²) in [6, 6.07) is 24.8. The van der Waals surface area contributed by atoms with Crippen molar-refractivity contribution in [1.82, 2.24) is 0 Å². The second-order valence-corrected chi connectivity index (χ2v) is 9.68. The van der Waals surface area contributed by atoms with Gasteiger partial charge in [-0.25, -0.2) is 9.68 Å². The third-order valence-electron chi connectivity index (χ3n) is 6.67. The second kappa shape index (κ2) is 16.6. The minimum Gasteiger partial charge on any atom is -0.494 e. The fraction of sp³-hybridized carbons (Fsp3) is 0.229. The van der Waals surface area contributed by atoms with E-state index in [1.165, 1.54) is 0 Å². The zero-order valence-corrected chi connectivity index (χ0v) is 24.8. The van der Waals surface area contributed by atoms with Gasteiger partial charge in [-0.2, -0.15) is 10.2 Å². The van der Waals surface area contributed by atoms with Crippen LogP contribution in [0.1, 0.15) is 48.1 Å². The number of rotatable bonds is 16. The summed E-state index contributed by atoms with van der Waals surface area (Å²) in [4.78, 5) is 15.9. The Hall–Kier alpha value is -4.99. The predicted molar refractivity (Wildman–Crippen MR) is 171 cm³/mol. The van der Waals surface area contributed by atoms with E-state index in [9.17, 15) is 10.1 Å². The number of unbranched alkanes of at least 4 members (excludes halogenated alkanes) is 1. The van der Waals surface area contributed by atoms with Crippen LogP contribution in [-0.2, 0) is 14.4 Å². The van der Waals surface area contributed by atoms with Crippen LogP contribution in [0.25, 0.3) is 10.8 Å². The van der Waals surface area contributed by atoms with Gasteiger partial charge in [-0.05, 0) is 95.3 Å². The molecular formula is C35H36N2O7. The number of hydrogen-bond donors (Lipinski definition) is 1. The van der Waals surface area contributed by atoms with E-state index in [0.29, 0.717) is 43.5 Å². The van der Waals surface area contributed by atoms with Gasteiger partial charge in [0.1, 0.15) is 11.9 Å². The third kappa shape index (κ3) is 9.00. The molecule has 1 unspecified atom stereocenters. The largest absolute Gasteiger partial charge is 0.494 e. The number of esters is 1. The van der Waals surface area contributed by atoms with Crippen LogP contribution in [0.5, 0.6) is 17.2 Å². The van der Waals surface area contributed by atoms with Gasteiger partial charge in [0, 0.05) is 6.08 Å². The summed E-state index contributed by atoms with van der Waals surface area (Å²) >= 11 is 0. The summed E-state index contributed by atoms with van der Waals surface area (Å²) in [5.41, 5.74) is 3.33. The van der Waals surface area contributed by atoms with E-state index in [1.807, 2.05) is 85.8 Å². The maximum atomic E-state index is 11.1. The lowest BCUT2D eigenvalue weighted by Gasteiger charge is -2.16. The fourth-order valence-electron chi connectivity index (χ4n) is 4.45. The van der Waals surface area contributed by atoms with E-state index in [2.05, 4.69) is 16.8 Å². The second-order valence-electron chi connectivity index (χ2n) is 9.68. The molecule has 4 aromatic carbocycles. The molecule has 4 aromatic rings. The molecule has 0 aliphatic rings. The van der Waals surface area contributed by atoms with E-state index in [-0.39, 0.29) is 0 Å². The zero-order valence-electron chi connectivity index (χ0n) is 24.8. The first-order valence-electron chi connectivity index (χ1n) is 14.3. The summed E-state index contributed by atoms with van der Waals surface area (Å²) in [6.07, 6.45) is 5.27. The van der Waals surface area contributed by atoms with Crippen molar-refractivity contribution in [2.45, 2.75) is 25.9 Å². The van der Waals surface area contributed by atoms with E-state index in [4.69, 9.17) is 23.8 Å². The molecule has 0 aliphatic carbocycles. The Morgan fingerprint density at radius 1 is 0.818 bits per heavy atom. The van der Waals surface area contributed by atoms with Gasteiger partial charge >= 0.3 is 5.97 Å². The van der Waals surface area contributed by atoms with Crippen LogP contribution in [-0.4, -0.2) is 50.6 Å². The molecule has 9 nitrogen and oxygen atoms in total. The Morgan fingerprint density at radius 2 is 1.48 bits per heavy atom. The lowest BCUT2D eigenvalue weighted by Crippen LogP contribution is -2.05. The quantitative estimate of drug-likeness (QED) is 0.0365. The number of nitrogens with zero attached hydrogens (tertiary/aromatic N) is 2.